The molecule has 2 N–H and O–H groups in total. The zero-order valence-corrected chi connectivity index (χ0v) is 12.3. The van der Waals surface area contributed by atoms with Gasteiger partial charge in [-0.05, 0) is 20.8 Å². The molecule has 0 saturated heterocycles. The molecular weight excluding hydrogens is 292 g/mol. The van der Waals surface area contributed by atoms with Crippen molar-refractivity contribution in [2.45, 2.75) is 38.8 Å². The lowest BCUT2D eigenvalue weighted by Gasteiger charge is -2.23. The number of hydrogen-bond donors (Lipinski definition) is 2. The molecule has 0 bridgehead atoms. The molecule has 1 aromatic heterocycles. The van der Waals surface area contributed by atoms with Gasteiger partial charge in [0.2, 0.25) is 0 Å². The average Bonchev–Trinajstić information content (AvgIpc) is 2.59. The molecule has 0 fully saturated rings. The summed E-state index contributed by atoms with van der Waals surface area (Å²) in [6, 6.07) is -1.00. The molecule has 1 amide bonds. The molecule has 0 aliphatic heterocycles. The number of carboxylic acid groups (broad SMARTS) is 1. The van der Waals surface area contributed by atoms with Crippen molar-refractivity contribution in [2.75, 3.05) is 0 Å². The maximum Gasteiger partial charge on any atom is 0.405 e. The van der Waals surface area contributed by atoms with E-state index in [1.807, 2.05) is 0 Å². The minimum atomic E-state index is -1.29. The van der Waals surface area contributed by atoms with Crippen LogP contribution in [0.5, 0.6) is 0 Å². The Morgan fingerprint density at radius 1 is 1.58 bits per heavy atom. The smallest absolute Gasteiger partial charge is 0.405 e. The second-order valence-corrected chi connectivity index (χ2v) is 6.27. The highest BCUT2D eigenvalue weighted by Crippen LogP contribution is 2.17. The highest BCUT2D eigenvalue weighted by molar-refractivity contribution is 7.13. The van der Waals surface area contributed by atoms with Crippen LogP contribution >= 0.6 is 22.9 Å². The van der Waals surface area contributed by atoms with E-state index in [9.17, 15) is 9.59 Å². The van der Waals surface area contributed by atoms with E-state index in [1.54, 1.807) is 26.2 Å². The molecule has 0 radical (unpaired) electrons. The van der Waals surface area contributed by atoms with E-state index in [2.05, 4.69) is 10.3 Å². The summed E-state index contributed by atoms with van der Waals surface area (Å²) in [5.41, 5.74) is -0.144. The summed E-state index contributed by atoms with van der Waals surface area (Å²) in [6.45, 7) is 5.13. The highest BCUT2D eigenvalue weighted by Gasteiger charge is 2.27. The number of carbonyl (C=O) groups excluding carboxylic acids is 1. The van der Waals surface area contributed by atoms with Crippen molar-refractivity contribution < 1.29 is 19.4 Å². The SMILES string of the molecule is CC(C)(C)OC(=O)C(Cc1csc(Cl)n1)NC(=O)O. The predicted octanol–water partition coefficient (Wildman–Crippen LogP) is 2.32. The molecule has 6 nitrogen and oxygen atoms in total. The van der Waals surface area contributed by atoms with Gasteiger partial charge in [0, 0.05) is 11.8 Å². The van der Waals surface area contributed by atoms with Crippen LogP contribution in [-0.4, -0.2) is 33.8 Å². The number of nitrogens with zero attached hydrogens (tertiary/aromatic N) is 1. The molecule has 106 valence electrons. The number of aromatic nitrogens is 1. The quantitative estimate of drug-likeness (QED) is 0.833. The number of ether oxygens (including phenoxy) is 1. The molecule has 1 unspecified atom stereocenters. The van der Waals surface area contributed by atoms with Gasteiger partial charge >= 0.3 is 12.1 Å². The van der Waals surface area contributed by atoms with Crippen molar-refractivity contribution in [1.29, 1.82) is 0 Å². The van der Waals surface area contributed by atoms with Crippen molar-refractivity contribution in [1.82, 2.24) is 10.3 Å². The molecule has 0 aromatic carbocycles. The van der Waals surface area contributed by atoms with Crippen LogP contribution in [0.1, 0.15) is 26.5 Å². The predicted molar refractivity (Wildman–Crippen MR) is 71.6 cm³/mol. The van der Waals surface area contributed by atoms with Crippen LogP contribution in [0.2, 0.25) is 4.47 Å². The van der Waals surface area contributed by atoms with Crippen molar-refractivity contribution in [3.05, 3.63) is 15.5 Å². The molecule has 0 aliphatic carbocycles. The number of esters is 1. The van der Waals surface area contributed by atoms with Gasteiger partial charge in [-0.15, -0.1) is 11.3 Å². The van der Waals surface area contributed by atoms with Gasteiger partial charge in [-0.3, -0.25) is 0 Å². The van der Waals surface area contributed by atoms with Crippen LogP contribution in [-0.2, 0) is 16.0 Å². The van der Waals surface area contributed by atoms with Gasteiger partial charge in [-0.2, -0.15) is 0 Å². The van der Waals surface area contributed by atoms with Gasteiger partial charge in [0.15, 0.2) is 4.47 Å². The molecule has 0 saturated carbocycles. The lowest BCUT2D eigenvalue weighted by atomic mass is 10.1. The van der Waals surface area contributed by atoms with Crippen molar-refractivity contribution >= 4 is 35.0 Å². The molecule has 8 heteroatoms. The number of thiazole rings is 1. The number of amides is 1. The van der Waals surface area contributed by atoms with Crippen LogP contribution in [0.3, 0.4) is 0 Å². The Balaban J connectivity index is 2.76. The minimum Gasteiger partial charge on any atom is -0.465 e. The minimum absolute atomic E-state index is 0.102. The molecule has 0 spiro atoms. The van der Waals surface area contributed by atoms with E-state index in [0.717, 1.165) is 0 Å². The lowest BCUT2D eigenvalue weighted by molar-refractivity contribution is -0.157. The van der Waals surface area contributed by atoms with Gasteiger partial charge in [0.1, 0.15) is 11.6 Å². The summed E-state index contributed by atoms with van der Waals surface area (Å²) in [5, 5.41) is 12.5. The Hall–Kier alpha value is -1.34. The number of carbonyl (C=O) groups is 2. The number of hydrogen-bond acceptors (Lipinski definition) is 5. The maximum atomic E-state index is 11.9. The fourth-order valence-corrected chi connectivity index (χ4v) is 2.09. The zero-order chi connectivity index (χ0) is 14.6. The molecule has 1 rings (SSSR count). The largest absolute Gasteiger partial charge is 0.465 e. The summed E-state index contributed by atoms with van der Waals surface area (Å²) < 4.78 is 5.50. The highest BCUT2D eigenvalue weighted by atomic mass is 35.5. The van der Waals surface area contributed by atoms with Crippen molar-refractivity contribution in [2.24, 2.45) is 0 Å². The molecule has 1 heterocycles. The van der Waals surface area contributed by atoms with Gasteiger partial charge in [-0.25, -0.2) is 14.6 Å². The number of rotatable bonds is 4. The Bertz CT molecular complexity index is 470. The van der Waals surface area contributed by atoms with Crippen LogP contribution in [0.4, 0.5) is 4.79 Å². The van der Waals surface area contributed by atoms with Gasteiger partial charge < -0.3 is 15.2 Å². The fraction of sp³-hybridized carbons (Fsp3) is 0.545. The molecular formula is C11H15ClN2O4S. The summed E-state index contributed by atoms with van der Waals surface area (Å²) in [7, 11) is 0. The van der Waals surface area contributed by atoms with Gasteiger partial charge in [-0.1, -0.05) is 11.6 Å². The van der Waals surface area contributed by atoms with Gasteiger partial charge in [0.25, 0.3) is 0 Å². The topological polar surface area (TPSA) is 88.5 Å². The third-order valence-corrected chi connectivity index (χ3v) is 2.95. The van der Waals surface area contributed by atoms with E-state index in [4.69, 9.17) is 21.4 Å². The average molecular weight is 307 g/mol. The van der Waals surface area contributed by atoms with E-state index >= 15 is 0 Å². The Labute approximate surface area is 119 Å². The van der Waals surface area contributed by atoms with Gasteiger partial charge in [0.05, 0.1) is 5.69 Å². The summed E-state index contributed by atoms with van der Waals surface area (Å²) in [4.78, 5) is 26.6. The first-order valence-electron chi connectivity index (χ1n) is 5.49. The van der Waals surface area contributed by atoms with E-state index in [0.29, 0.717) is 10.2 Å². The Morgan fingerprint density at radius 2 is 2.21 bits per heavy atom. The second-order valence-electron chi connectivity index (χ2n) is 4.83. The third kappa shape index (κ3) is 5.89. The number of nitrogens with one attached hydrogen (secondary N) is 1. The monoisotopic (exact) mass is 306 g/mol. The summed E-state index contributed by atoms with van der Waals surface area (Å²) >= 11 is 6.91. The zero-order valence-electron chi connectivity index (χ0n) is 10.8. The molecule has 1 aromatic rings. The molecule has 19 heavy (non-hydrogen) atoms. The molecule has 1 atom stereocenters. The summed E-state index contributed by atoms with van der Waals surface area (Å²) in [6.07, 6.45) is -1.19. The molecule has 0 aliphatic rings. The first kappa shape index (κ1) is 15.7. The van der Waals surface area contributed by atoms with Crippen molar-refractivity contribution in [3.8, 4) is 0 Å². The van der Waals surface area contributed by atoms with Crippen LogP contribution < -0.4 is 5.32 Å². The Kier molecular flexibility index (Phi) is 5.13. The van der Waals surface area contributed by atoms with Crippen LogP contribution in [0.15, 0.2) is 5.38 Å². The van der Waals surface area contributed by atoms with E-state index in [-0.39, 0.29) is 6.42 Å². The maximum absolute atomic E-state index is 11.9. The normalized spacial score (nSPS) is 12.8. The van der Waals surface area contributed by atoms with E-state index in [1.165, 1.54) is 11.3 Å². The standard InChI is InChI=1S/C11H15ClN2O4S/c1-11(2,3)18-8(15)7(14-10(16)17)4-6-5-19-9(12)13-6/h5,7,14H,4H2,1-3H3,(H,16,17). The van der Waals surface area contributed by atoms with Crippen LogP contribution in [0, 0.1) is 0 Å². The second kappa shape index (κ2) is 6.21. The third-order valence-electron chi connectivity index (χ3n) is 1.93. The van der Waals surface area contributed by atoms with Crippen molar-refractivity contribution in [3.63, 3.8) is 0 Å². The first-order valence-corrected chi connectivity index (χ1v) is 6.75. The fourth-order valence-electron chi connectivity index (χ4n) is 1.30. The van der Waals surface area contributed by atoms with Crippen LogP contribution in [0.25, 0.3) is 0 Å². The van der Waals surface area contributed by atoms with E-state index < -0.39 is 23.7 Å². The first-order chi connectivity index (χ1) is 8.67. The Morgan fingerprint density at radius 3 is 2.63 bits per heavy atom. The lowest BCUT2D eigenvalue weighted by Crippen LogP contribution is -2.45. The number of halogens is 1. The summed E-state index contributed by atoms with van der Waals surface area (Å²) in [5.74, 6) is -0.640.